The normalized spacial score (nSPS) is 9.83. The van der Waals surface area contributed by atoms with E-state index >= 15 is 0 Å². The third-order valence-corrected chi connectivity index (χ3v) is 1.61. The van der Waals surface area contributed by atoms with Crippen molar-refractivity contribution in [1.29, 1.82) is 0 Å². The lowest BCUT2D eigenvalue weighted by Crippen LogP contribution is -2.18. The molecule has 0 N–H and O–H groups in total. The van der Waals surface area contributed by atoms with E-state index in [2.05, 4.69) is 6.58 Å². The molecular weight excluding hydrogens is 174 g/mol. The molecule has 3 heteroatoms. The highest BCUT2D eigenvalue weighted by Crippen LogP contribution is 1.99. The van der Waals surface area contributed by atoms with Crippen LogP contribution in [0.3, 0.4) is 0 Å². The lowest BCUT2D eigenvalue weighted by Gasteiger charge is -2.02. The summed E-state index contributed by atoms with van der Waals surface area (Å²) in [6.07, 6.45) is 1.71. The minimum Gasteiger partial charge on any atom is -0.310 e. The van der Waals surface area contributed by atoms with Gasteiger partial charge in [-0.3, -0.25) is 4.79 Å². The first-order valence-corrected chi connectivity index (χ1v) is 3.98. The maximum Gasteiger partial charge on any atom is 0.251 e. The summed E-state index contributed by atoms with van der Waals surface area (Å²) in [4.78, 5) is 11.2. The van der Waals surface area contributed by atoms with Gasteiger partial charge in [0, 0.05) is 17.3 Å². The molecule has 0 fully saturated rings. The lowest BCUT2D eigenvalue weighted by molar-refractivity contribution is 0.769. The van der Waals surface area contributed by atoms with Crippen LogP contribution in [0, 0.1) is 6.92 Å². The molecule has 0 bridgehead atoms. The van der Waals surface area contributed by atoms with Crippen LogP contribution in [0.25, 0.3) is 0 Å². The summed E-state index contributed by atoms with van der Waals surface area (Å²) in [5, 5.41) is 0.459. The molecule has 1 heterocycles. The van der Waals surface area contributed by atoms with Crippen LogP contribution in [0.4, 0.5) is 0 Å². The van der Waals surface area contributed by atoms with Gasteiger partial charge in [0.05, 0.1) is 6.54 Å². The van der Waals surface area contributed by atoms with Gasteiger partial charge in [0.25, 0.3) is 5.56 Å². The quantitative estimate of drug-likeness (QED) is 0.687. The van der Waals surface area contributed by atoms with Crippen LogP contribution in [-0.4, -0.2) is 4.57 Å². The Morgan fingerprint density at radius 1 is 1.75 bits per heavy atom. The van der Waals surface area contributed by atoms with Crippen LogP contribution in [0.1, 0.15) is 5.56 Å². The summed E-state index contributed by atoms with van der Waals surface area (Å²) in [7, 11) is 0. The number of aryl methyl sites for hydroxylation is 1. The van der Waals surface area contributed by atoms with Crippen molar-refractivity contribution in [3.63, 3.8) is 0 Å². The SMILES string of the molecule is C=C(Cl)Cn1ccc(C)cc1=O. The average Bonchev–Trinajstić information content (AvgIpc) is 1.94. The Labute approximate surface area is 76.1 Å². The second-order valence-electron chi connectivity index (χ2n) is 2.69. The maximum absolute atomic E-state index is 11.2. The van der Waals surface area contributed by atoms with Gasteiger partial charge in [0.1, 0.15) is 0 Å². The van der Waals surface area contributed by atoms with Crippen LogP contribution >= 0.6 is 11.6 Å². The Hall–Kier alpha value is -1.02. The highest BCUT2D eigenvalue weighted by Gasteiger charge is 1.95. The fourth-order valence-corrected chi connectivity index (χ4v) is 1.05. The first kappa shape index (κ1) is 9.07. The van der Waals surface area contributed by atoms with Gasteiger partial charge >= 0.3 is 0 Å². The Balaban J connectivity index is 3.02. The molecule has 0 aliphatic rings. The molecule has 0 saturated heterocycles. The van der Waals surface area contributed by atoms with E-state index in [0.717, 1.165) is 5.56 Å². The smallest absolute Gasteiger partial charge is 0.251 e. The molecule has 0 atom stereocenters. The number of halogens is 1. The molecule has 64 valence electrons. The highest BCUT2D eigenvalue weighted by molar-refractivity contribution is 6.29. The lowest BCUT2D eigenvalue weighted by atomic mass is 10.3. The molecule has 0 saturated carbocycles. The number of hydrogen-bond acceptors (Lipinski definition) is 1. The van der Waals surface area contributed by atoms with Crippen molar-refractivity contribution in [2.45, 2.75) is 13.5 Å². The topological polar surface area (TPSA) is 22.0 Å². The summed E-state index contributed by atoms with van der Waals surface area (Å²) in [5.74, 6) is 0. The van der Waals surface area contributed by atoms with E-state index in [4.69, 9.17) is 11.6 Å². The number of aromatic nitrogens is 1. The van der Waals surface area contributed by atoms with E-state index in [-0.39, 0.29) is 5.56 Å². The van der Waals surface area contributed by atoms with Crippen molar-refractivity contribution in [2.75, 3.05) is 0 Å². The number of hydrogen-bond donors (Lipinski definition) is 0. The summed E-state index contributed by atoms with van der Waals surface area (Å²) < 4.78 is 1.52. The van der Waals surface area contributed by atoms with Gasteiger partial charge < -0.3 is 4.57 Å². The van der Waals surface area contributed by atoms with Crippen molar-refractivity contribution in [1.82, 2.24) is 4.57 Å². The first-order valence-electron chi connectivity index (χ1n) is 3.60. The molecule has 1 aromatic heterocycles. The largest absolute Gasteiger partial charge is 0.310 e. The molecule has 0 aliphatic heterocycles. The predicted octanol–water partition coefficient (Wildman–Crippen LogP) is 1.91. The number of rotatable bonds is 2. The minimum atomic E-state index is -0.0446. The molecule has 0 unspecified atom stereocenters. The second kappa shape index (κ2) is 3.59. The first-order chi connectivity index (χ1) is 5.59. The van der Waals surface area contributed by atoms with Crippen molar-refractivity contribution in [3.8, 4) is 0 Å². The predicted molar refractivity (Wildman–Crippen MR) is 50.4 cm³/mol. The van der Waals surface area contributed by atoms with Crippen LogP contribution in [-0.2, 0) is 6.54 Å². The monoisotopic (exact) mass is 183 g/mol. The van der Waals surface area contributed by atoms with E-state index in [1.165, 1.54) is 4.57 Å². The van der Waals surface area contributed by atoms with Gasteiger partial charge in [-0.05, 0) is 18.6 Å². The zero-order chi connectivity index (χ0) is 9.14. The molecule has 1 rings (SSSR count). The molecule has 1 aromatic rings. The summed E-state index contributed by atoms with van der Waals surface area (Å²) >= 11 is 5.57. The van der Waals surface area contributed by atoms with Gasteiger partial charge in [-0.1, -0.05) is 18.2 Å². The summed E-state index contributed by atoms with van der Waals surface area (Å²) in [6, 6.07) is 3.43. The molecular formula is C9H10ClNO. The van der Waals surface area contributed by atoms with Crippen molar-refractivity contribution >= 4 is 11.6 Å². The van der Waals surface area contributed by atoms with Crippen LogP contribution in [0.2, 0.25) is 0 Å². The third-order valence-electron chi connectivity index (χ3n) is 1.49. The van der Waals surface area contributed by atoms with Crippen molar-refractivity contribution in [2.24, 2.45) is 0 Å². The van der Waals surface area contributed by atoms with E-state index < -0.39 is 0 Å². The second-order valence-corrected chi connectivity index (χ2v) is 3.22. The van der Waals surface area contributed by atoms with Gasteiger partial charge in [-0.25, -0.2) is 0 Å². The fraction of sp³-hybridized carbons (Fsp3) is 0.222. The number of allylic oxidation sites excluding steroid dienone is 1. The molecule has 0 aliphatic carbocycles. The Kier molecular flexibility index (Phi) is 2.71. The van der Waals surface area contributed by atoms with Crippen molar-refractivity contribution < 1.29 is 0 Å². The van der Waals surface area contributed by atoms with Crippen LogP contribution in [0.5, 0.6) is 0 Å². The zero-order valence-electron chi connectivity index (χ0n) is 6.88. The van der Waals surface area contributed by atoms with Gasteiger partial charge in [0.15, 0.2) is 0 Å². The van der Waals surface area contributed by atoms with Gasteiger partial charge in [-0.15, -0.1) is 0 Å². The molecule has 2 nitrogen and oxygen atoms in total. The summed E-state index contributed by atoms with van der Waals surface area (Å²) in [6.45, 7) is 5.77. The molecule has 0 amide bonds. The van der Waals surface area contributed by atoms with E-state index in [9.17, 15) is 4.79 Å². The number of nitrogens with zero attached hydrogens (tertiary/aromatic N) is 1. The molecule has 0 radical (unpaired) electrons. The molecule has 0 spiro atoms. The minimum absolute atomic E-state index is 0.0446. The van der Waals surface area contributed by atoms with Crippen LogP contribution in [0.15, 0.2) is 34.7 Å². The van der Waals surface area contributed by atoms with E-state index in [1.54, 1.807) is 12.3 Å². The average molecular weight is 184 g/mol. The Morgan fingerprint density at radius 2 is 2.42 bits per heavy atom. The Morgan fingerprint density at radius 3 is 2.92 bits per heavy atom. The third kappa shape index (κ3) is 2.24. The number of pyridine rings is 1. The van der Waals surface area contributed by atoms with Gasteiger partial charge in [0.2, 0.25) is 0 Å². The zero-order valence-corrected chi connectivity index (χ0v) is 7.64. The van der Waals surface area contributed by atoms with Gasteiger partial charge in [-0.2, -0.15) is 0 Å². The Bertz CT molecular complexity index is 354. The van der Waals surface area contributed by atoms with Crippen molar-refractivity contribution in [3.05, 3.63) is 45.9 Å². The standard InChI is InChI=1S/C9H10ClNO/c1-7-3-4-11(6-8(2)10)9(12)5-7/h3-5H,2,6H2,1H3. The fourth-order valence-electron chi connectivity index (χ4n) is 0.922. The maximum atomic E-state index is 11.2. The van der Waals surface area contributed by atoms with E-state index in [0.29, 0.717) is 11.6 Å². The summed E-state index contributed by atoms with van der Waals surface area (Å²) in [5.41, 5.74) is 0.910. The highest BCUT2D eigenvalue weighted by atomic mass is 35.5. The molecule has 12 heavy (non-hydrogen) atoms. The molecule has 0 aromatic carbocycles. The van der Waals surface area contributed by atoms with E-state index in [1.807, 2.05) is 13.0 Å². The van der Waals surface area contributed by atoms with Crippen LogP contribution < -0.4 is 5.56 Å².